The number of aromatic nitrogens is 6. The second-order valence-electron chi connectivity index (χ2n) is 7.32. The van der Waals surface area contributed by atoms with Gasteiger partial charge in [0.25, 0.3) is 0 Å². The third-order valence-corrected chi connectivity index (χ3v) is 5.16. The highest BCUT2D eigenvalue weighted by Crippen LogP contribution is 2.19. The molecule has 0 amide bonds. The van der Waals surface area contributed by atoms with E-state index in [0.717, 1.165) is 34.3 Å². The highest BCUT2D eigenvalue weighted by molar-refractivity contribution is 5.78. The molecule has 0 bridgehead atoms. The van der Waals surface area contributed by atoms with Crippen molar-refractivity contribution in [2.45, 2.75) is 53.4 Å². The predicted molar refractivity (Wildman–Crippen MR) is 107 cm³/mol. The van der Waals surface area contributed by atoms with Crippen molar-refractivity contribution in [3.8, 4) is 5.82 Å². The van der Waals surface area contributed by atoms with E-state index in [0.29, 0.717) is 37.1 Å². The first-order chi connectivity index (χ1) is 13.9. The Hall–Kier alpha value is -3.29. The molecule has 8 nitrogen and oxygen atoms in total. The summed E-state index contributed by atoms with van der Waals surface area (Å²) in [5, 5.41) is 17.4. The number of aryl methyl sites for hydroxylation is 4. The summed E-state index contributed by atoms with van der Waals surface area (Å²) in [6, 6.07) is 7.61. The summed E-state index contributed by atoms with van der Waals surface area (Å²) in [6.45, 7) is 7.75. The zero-order valence-corrected chi connectivity index (χ0v) is 17.1. The molecule has 4 aromatic rings. The lowest BCUT2D eigenvalue weighted by Gasteiger charge is -2.05. The van der Waals surface area contributed by atoms with Crippen LogP contribution in [0.2, 0.25) is 0 Å². The summed E-state index contributed by atoms with van der Waals surface area (Å²) in [4.78, 5) is 12.4. The summed E-state index contributed by atoms with van der Waals surface area (Å²) < 4.78 is 9.06. The average Bonchev–Trinajstić information content (AvgIpc) is 3.37. The van der Waals surface area contributed by atoms with Gasteiger partial charge >= 0.3 is 0 Å². The Morgan fingerprint density at radius 2 is 1.76 bits per heavy atom. The van der Waals surface area contributed by atoms with Crippen LogP contribution in [0.3, 0.4) is 0 Å². The Kier molecular flexibility index (Phi) is 5.00. The van der Waals surface area contributed by atoms with Crippen LogP contribution in [0, 0.1) is 27.7 Å². The van der Waals surface area contributed by atoms with E-state index < -0.39 is 0 Å². The van der Waals surface area contributed by atoms with Crippen molar-refractivity contribution in [1.82, 2.24) is 29.6 Å². The fourth-order valence-corrected chi connectivity index (χ4v) is 3.53. The lowest BCUT2D eigenvalue weighted by Crippen LogP contribution is -2.07. The molecular weight excluding hydrogens is 368 g/mol. The van der Waals surface area contributed by atoms with E-state index in [1.54, 1.807) is 4.52 Å². The van der Waals surface area contributed by atoms with E-state index in [1.807, 2.05) is 56.6 Å². The maximum absolute atomic E-state index is 12.4. The minimum atomic E-state index is 0.227. The van der Waals surface area contributed by atoms with Gasteiger partial charge in [-0.2, -0.15) is 9.61 Å². The van der Waals surface area contributed by atoms with E-state index in [9.17, 15) is 4.79 Å². The van der Waals surface area contributed by atoms with E-state index in [4.69, 9.17) is 4.42 Å². The predicted octanol–water partition coefficient (Wildman–Crippen LogP) is 3.27. The summed E-state index contributed by atoms with van der Waals surface area (Å²) in [5.41, 5.74) is 3.70. The van der Waals surface area contributed by atoms with E-state index >= 15 is 0 Å². The number of carbonyl (C=O) groups excluding carboxylic acids is 1. The molecule has 0 aliphatic heterocycles. The molecule has 0 aromatic carbocycles. The number of hydrogen-bond acceptors (Lipinski definition) is 6. The molecule has 29 heavy (non-hydrogen) atoms. The Labute approximate surface area is 168 Å². The van der Waals surface area contributed by atoms with Gasteiger partial charge in [-0.3, -0.25) is 4.79 Å². The molecule has 4 rings (SSSR count). The number of carbonyl (C=O) groups is 1. The molecule has 0 unspecified atom stereocenters. The number of hydrogen-bond donors (Lipinski definition) is 0. The van der Waals surface area contributed by atoms with Crippen LogP contribution in [0.4, 0.5) is 0 Å². The standard InChI is InChI=1S/C21H24N6O2/c1-13-5-8-18(29-13)9-6-17(28)7-10-19-14(2)24-26(15(19)3)21-12-11-20-23-22-16(4)27(20)25-21/h5,8,11-12H,6-7,9-10H2,1-4H3. The number of ketones is 1. The molecule has 4 aromatic heterocycles. The van der Waals surface area contributed by atoms with Gasteiger partial charge in [0.15, 0.2) is 17.3 Å². The zero-order valence-electron chi connectivity index (χ0n) is 17.1. The molecule has 150 valence electrons. The first-order valence-electron chi connectivity index (χ1n) is 9.74. The minimum Gasteiger partial charge on any atom is -0.466 e. The van der Waals surface area contributed by atoms with Gasteiger partial charge in [-0.05, 0) is 63.9 Å². The molecule has 0 spiro atoms. The summed E-state index contributed by atoms with van der Waals surface area (Å²) in [5.74, 6) is 3.39. The van der Waals surface area contributed by atoms with Crippen LogP contribution < -0.4 is 0 Å². The van der Waals surface area contributed by atoms with Crippen molar-refractivity contribution >= 4 is 11.4 Å². The first-order valence-corrected chi connectivity index (χ1v) is 9.74. The number of rotatable bonds is 7. The maximum atomic E-state index is 12.4. The van der Waals surface area contributed by atoms with Crippen LogP contribution in [0.1, 0.15) is 47.1 Å². The van der Waals surface area contributed by atoms with Crippen molar-refractivity contribution in [3.63, 3.8) is 0 Å². The Morgan fingerprint density at radius 3 is 2.52 bits per heavy atom. The molecular formula is C21H24N6O2. The lowest BCUT2D eigenvalue weighted by atomic mass is 10.0. The van der Waals surface area contributed by atoms with Crippen LogP contribution >= 0.6 is 0 Å². The molecule has 8 heteroatoms. The maximum Gasteiger partial charge on any atom is 0.178 e. The Morgan fingerprint density at radius 1 is 0.966 bits per heavy atom. The van der Waals surface area contributed by atoms with Crippen LogP contribution in [-0.4, -0.2) is 35.4 Å². The van der Waals surface area contributed by atoms with Crippen molar-refractivity contribution in [1.29, 1.82) is 0 Å². The number of nitrogens with zero attached hydrogens (tertiary/aromatic N) is 6. The van der Waals surface area contributed by atoms with Crippen LogP contribution in [-0.2, 0) is 17.6 Å². The number of fused-ring (bicyclic) bond motifs is 1. The summed E-state index contributed by atoms with van der Waals surface area (Å²) in [6.07, 6.45) is 2.29. The molecule has 0 fully saturated rings. The van der Waals surface area contributed by atoms with Gasteiger partial charge in [0.2, 0.25) is 0 Å². The molecule has 0 saturated heterocycles. The monoisotopic (exact) mass is 392 g/mol. The SMILES string of the molecule is Cc1ccc(CCC(=O)CCc2c(C)nn(-c3ccc4nnc(C)n4n3)c2C)o1. The van der Waals surface area contributed by atoms with E-state index in [2.05, 4.69) is 20.4 Å². The van der Waals surface area contributed by atoms with Gasteiger partial charge in [0, 0.05) is 25.0 Å². The Balaban J connectivity index is 1.46. The smallest absolute Gasteiger partial charge is 0.178 e. The van der Waals surface area contributed by atoms with Gasteiger partial charge in [0.05, 0.1) is 5.69 Å². The molecule has 0 aliphatic carbocycles. The molecule has 0 N–H and O–H groups in total. The number of Topliss-reactive ketones (excluding diaryl/α,β-unsaturated/α-hetero) is 1. The normalized spacial score (nSPS) is 11.4. The van der Waals surface area contributed by atoms with Gasteiger partial charge < -0.3 is 4.42 Å². The molecule has 4 heterocycles. The topological polar surface area (TPSA) is 91.1 Å². The van der Waals surface area contributed by atoms with Gasteiger partial charge in [-0.1, -0.05) is 0 Å². The highest BCUT2D eigenvalue weighted by Gasteiger charge is 2.16. The van der Waals surface area contributed by atoms with Crippen LogP contribution in [0.25, 0.3) is 11.5 Å². The van der Waals surface area contributed by atoms with E-state index in [-0.39, 0.29) is 5.78 Å². The fourth-order valence-electron chi connectivity index (χ4n) is 3.53. The second kappa shape index (κ2) is 7.62. The second-order valence-corrected chi connectivity index (χ2v) is 7.32. The first kappa shape index (κ1) is 19.0. The zero-order chi connectivity index (χ0) is 20.5. The van der Waals surface area contributed by atoms with Gasteiger partial charge in [0.1, 0.15) is 17.3 Å². The van der Waals surface area contributed by atoms with E-state index in [1.165, 1.54) is 0 Å². The van der Waals surface area contributed by atoms with Gasteiger partial charge in [-0.25, -0.2) is 4.68 Å². The van der Waals surface area contributed by atoms with Crippen molar-refractivity contribution in [2.75, 3.05) is 0 Å². The van der Waals surface area contributed by atoms with Crippen LogP contribution in [0.15, 0.2) is 28.7 Å². The number of furan rings is 1. The van der Waals surface area contributed by atoms with Crippen molar-refractivity contribution in [3.05, 3.63) is 58.6 Å². The third-order valence-electron chi connectivity index (χ3n) is 5.16. The highest BCUT2D eigenvalue weighted by atomic mass is 16.3. The van der Waals surface area contributed by atoms with Crippen molar-refractivity contribution < 1.29 is 9.21 Å². The quantitative estimate of drug-likeness (QED) is 0.479. The molecule has 0 atom stereocenters. The largest absolute Gasteiger partial charge is 0.466 e. The van der Waals surface area contributed by atoms with Crippen LogP contribution in [0.5, 0.6) is 0 Å². The van der Waals surface area contributed by atoms with Gasteiger partial charge in [-0.15, -0.1) is 15.3 Å². The average molecular weight is 392 g/mol. The summed E-state index contributed by atoms with van der Waals surface area (Å²) >= 11 is 0. The third kappa shape index (κ3) is 3.83. The minimum absolute atomic E-state index is 0.227. The fraction of sp³-hybridized carbons (Fsp3) is 0.381. The molecule has 0 aliphatic rings. The van der Waals surface area contributed by atoms with Crippen molar-refractivity contribution in [2.24, 2.45) is 0 Å². The molecule has 0 radical (unpaired) electrons. The summed E-state index contributed by atoms with van der Waals surface area (Å²) in [7, 11) is 0. The Bertz CT molecular complexity index is 1180. The lowest BCUT2D eigenvalue weighted by molar-refractivity contribution is -0.119. The molecule has 0 saturated carbocycles.